The Balaban J connectivity index is 0.000000148. The highest BCUT2D eigenvalue weighted by molar-refractivity contribution is 9.09. The summed E-state index contributed by atoms with van der Waals surface area (Å²) >= 11 is 3.44. The molecule has 3 N–H and O–H groups in total. The molecule has 2 aromatic rings. The Morgan fingerprint density at radius 3 is 1.32 bits per heavy atom. The lowest BCUT2D eigenvalue weighted by Gasteiger charge is -2.56. The van der Waals surface area contributed by atoms with E-state index in [2.05, 4.69) is 77.2 Å². The molecule has 6 heterocycles. The molecule has 400 valence electrons. The largest absolute Gasteiger partial charge is 0.480 e. The summed E-state index contributed by atoms with van der Waals surface area (Å²) in [5, 5.41) is 21.3. The van der Waals surface area contributed by atoms with E-state index in [4.69, 9.17) is 5.11 Å². The van der Waals surface area contributed by atoms with E-state index in [-0.39, 0.29) is 30.4 Å². The molecule has 12 rings (SSSR count). The highest BCUT2D eigenvalue weighted by Gasteiger charge is 2.49. The number of carbonyl (C=O) groups is 4. The number of alkyl halides is 1. The van der Waals surface area contributed by atoms with Crippen LogP contribution in [0.3, 0.4) is 0 Å². The van der Waals surface area contributed by atoms with Crippen LogP contribution >= 0.6 is 15.9 Å². The third kappa shape index (κ3) is 12.6. The summed E-state index contributed by atoms with van der Waals surface area (Å²) in [4.78, 5) is 60.7. The number of nitrogens with one attached hydrogen (secondary N) is 1. The van der Waals surface area contributed by atoms with Crippen LogP contribution in [0.25, 0.3) is 0 Å². The normalized spacial score (nSPS) is 36.1. The van der Waals surface area contributed by atoms with Crippen molar-refractivity contribution >= 4 is 51.1 Å². The fourth-order valence-corrected chi connectivity index (χ4v) is 17.3. The maximum Gasteiger partial charge on any atom is 0.320 e. The van der Waals surface area contributed by atoms with Gasteiger partial charge in [-0.3, -0.25) is 33.9 Å². The molecule has 14 atom stereocenters. The number of likely N-dealkylation sites (tertiary alicyclic amines) is 1. The number of amides is 2. The van der Waals surface area contributed by atoms with Gasteiger partial charge in [0.1, 0.15) is 12.1 Å². The van der Waals surface area contributed by atoms with Gasteiger partial charge in [-0.2, -0.15) is 0 Å². The van der Waals surface area contributed by atoms with E-state index in [1.165, 1.54) is 116 Å². The third-order valence-electron chi connectivity index (χ3n) is 19.9. The topological polar surface area (TPSA) is 137 Å². The van der Waals surface area contributed by atoms with Crippen LogP contribution in [0.4, 0.5) is 11.4 Å². The molecule has 12 nitrogen and oxygen atoms in total. The minimum Gasteiger partial charge on any atom is -0.480 e. The molecule has 4 aliphatic carbocycles. The first kappa shape index (κ1) is 53.1. The number of benzene rings is 2. The van der Waals surface area contributed by atoms with Crippen LogP contribution in [0.15, 0.2) is 60.7 Å². The predicted octanol–water partition coefficient (Wildman–Crippen LogP) is 10.5. The molecule has 2 aromatic carbocycles. The zero-order chi connectivity index (χ0) is 50.4. The SMILES string of the molecule is O=C(CBr)N(c1ccccc1)C1C[C@H]2CCC[C@@H](C1)N2C1C[C@H]2CCC[C@@H](C1)C2.O=C(O)C1CCCN1.O=C(O)C1CCCN1CC(=O)N(c1ccccc1)C1C[C@H]2CCC[C@@H](C1)N2C1C[C@H]2CCC[C@@H](C1)C2. The highest BCUT2D eigenvalue weighted by atomic mass is 79.9. The zero-order valence-electron chi connectivity index (χ0n) is 43.7. The average molecular weight is 1070 g/mol. The van der Waals surface area contributed by atoms with E-state index < -0.39 is 18.0 Å². The number of piperidine rings is 4. The second-order valence-corrected chi connectivity index (χ2v) is 25.0. The summed E-state index contributed by atoms with van der Waals surface area (Å²) in [7, 11) is 0. The van der Waals surface area contributed by atoms with Crippen molar-refractivity contribution in [3.63, 3.8) is 0 Å². The molecule has 10 aliphatic rings. The van der Waals surface area contributed by atoms with Gasteiger partial charge < -0.3 is 25.3 Å². The van der Waals surface area contributed by atoms with Gasteiger partial charge in [0.2, 0.25) is 11.8 Å². The Hall–Kier alpha value is -3.36. The number of carboxylic acid groups (broad SMARTS) is 2. The predicted molar refractivity (Wildman–Crippen MR) is 292 cm³/mol. The number of fused-ring (bicyclic) bond motifs is 8. The van der Waals surface area contributed by atoms with E-state index in [0.29, 0.717) is 48.5 Å². The number of hydrogen-bond acceptors (Lipinski definition) is 8. The van der Waals surface area contributed by atoms with Crippen LogP contribution in [0.5, 0.6) is 0 Å². The van der Waals surface area contributed by atoms with E-state index in [0.717, 1.165) is 98.6 Å². The molecule has 6 unspecified atom stereocenters. The monoisotopic (exact) mass is 1070 g/mol. The van der Waals surface area contributed by atoms with Crippen LogP contribution in [-0.2, 0) is 19.2 Å². The van der Waals surface area contributed by atoms with Gasteiger partial charge in [0.15, 0.2) is 0 Å². The molecule has 13 heteroatoms. The Morgan fingerprint density at radius 2 is 0.932 bits per heavy atom. The first-order chi connectivity index (χ1) is 35.6. The van der Waals surface area contributed by atoms with Gasteiger partial charge in [0.25, 0.3) is 0 Å². The second kappa shape index (κ2) is 24.8. The molecule has 10 fully saturated rings. The van der Waals surface area contributed by atoms with Gasteiger partial charge in [0, 0.05) is 59.7 Å². The van der Waals surface area contributed by atoms with Crippen LogP contribution in [0.2, 0.25) is 0 Å². The maximum absolute atomic E-state index is 13.9. The fourth-order valence-electron chi connectivity index (χ4n) is 17.1. The van der Waals surface area contributed by atoms with Gasteiger partial charge in [0.05, 0.1) is 11.9 Å². The number of aliphatic carboxylic acids is 2. The smallest absolute Gasteiger partial charge is 0.320 e. The number of halogens is 1. The summed E-state index contributed by atoms with van der Waals surface area (Å²) in [6.07, 6.45) is 32.8. The molecule has 0 spiro atoms. The standard InChI is InChI=1S/C30H43N3O3.C25H35BrN2O.C5H9NO2/c34-29(20-31-14-6-13-28(31)30(35)36)33(23-9-2-1-3-10-23)27-18-24-11-5-12-25(19-27)32(24)26-16-21-7-4-8-22(15-21)17-26;26-17-25(29)28(20-8-2-1-3-9-20)24-15-21-10-5-11-22(16-24)27(21)23-13-18-6-4-7-19(12-18)14-23;7-5(8)4-2-1-3-6-4/h1-3,9-10,21-22,24-28H,4-8,11-20H2,(H,35,36);1-3,8-9,18-19,21-24H,4-7,10-17H2;4,6H,1-3H2,(H,7,8)/t21-,22+,24-,25+,26?,27?,28?;18-,19+,21-,22+,23?,24?;. The fraction of sp³-hybridized carbons (Fsp3) is 0.733. The van der Waals surface area contributed by atoms with Crippen molar-refractivity contribution < 1.29 is 29.4 Å². The van der Waals surface area contributed by atoms with Crippen molar-refractivity contribution in [3.8, 4) is 0 Å². The van der Waals surface area contributed by atoms with Gasteiger partial charge >= 0.3 is 11.9 Å². The number of rotatable bonds is 11. The summed E-state index contributed by atoms with van der Waals surface area (Å²) < 4.78 is 0. The van der Waals surface area contributed by atoms with Crippen molar-refractivity contribution in [2.24, 2.45) is 23.7 Å². The minimum absolute atomic E-state index is 0.0677. The molecule has 2 amide bonds. The molecule has 0 radical (unpaired) electrons. The van der Waals surface area contributed by atoms with Crippen LogP contribution < -0.4 is 15.1 Å². The number of carboxylic acids is 2. The molecule has 0 aromatic heterocycles. The second-order valence-electron chi connectivity index (χ2n) is 24.5. The van der Waals surface area contributed by atoms with Crippen molar-refractivity contribution in [1.82, 2.24) is 20.0 Å². The van der Waals surface area contributed by atoms with Crippen molar-refractivity contribution in [3.05, 3.63) is 60.7 Å². The van der Waals surface area contributed by atoms with Crippen molar-refractivity contribution in [1.29, 1.82) is 0 Å². The maximum atomic E-state index is 13.9. The molecule has 73 heavy (non-hydrogen) atoms. The summed E-state index contributed by atoms with van der Waals surface area (Å²) in [5.41, 5.74) is 2.04. The molecular weight excluding hydrogens is 981 g/mol. The molecule has 4 saturated carbocycles. The number of anilines is 2. The van der Waals surface area contributed by atoms with Crippen molar-refractivity contribution in [2.45, 2.75) is 227 Å². The quantitative estimate of drug-likeness (QED) is 0.187. The van der Waals surface area contributed by atoms with Gasteiger partial charge in [-0.05, 0) is 177 Å². The number of carbonyl (C=O) groups excluding carboxylic acids is 2. The lowest BCUT2D eigenvalue weighted by atomic mass is 9.68. The molecule has 6 saturated heterocycles. The van der Waals surface area contributed by atoms with Gasteiger partial charge in [-0.1, -0.05) is 104 Å². The lowest BCUT2D eigenvalue weighted by Crippen LogP contribution is -2.62. The number of hydrogen-bond donors (Lipinski definition) is 3. The van der Waals surface area contributed by atoms with Crippen LogP contribution in [0, 0.1) is 23.7 Å². The van der Waals surface area contributed by atoms with E-state index >= 15 is 0 Å². The molecular formula is C60H87BrN6O6. The highest BCUT2D eigenvalue weighted by Crippen LogP contribution is 2.49. The third-order valence-corrected chi connectivity index (χ3v) is 20.3. The minimum atomic E-state index is -0.799. The summed E-state index contributed by atoms with van der Waals surface area (Å²) in [6.45, 7) is 1.75. The Morgan fingerprint density at radius 1 is 0.493 bits per heavy atom. The van der Waals surface area contributed by atoms with Crippen LogP contribution in [-0.4, -0.2) is 134 Å². The van der Waals surface area contributed by atoms with Gasteiger partial charge in [-0.15, -0.1) is 0 Å². The Kier molecular flexibility index (Phi) is 18.0. The van der Waals surface area contributed by atoms with E-state index in [1.54, 1.807) is 0 Å². The summed E-state index contributed by atoms with van der Waals surface area (Å²) in [6, 6.07) is 24.3. The van der Waals surface area contributed by atoms with E-state index in [9.17, 15) is 24.3 Å². The first-order valence-electron chi connectivity index (χ1n) is 29.4. The lowest BCUT2D eigenvalue weighted by molar-refractivity contribution is -0.142. The Labute approximate surface area is 444 Å². The molecule has 8 bridgehead atoms. The summed E-state index contributed by atoms with van der Waals surface area (Å²) in [5.74, 6) is 2.60. The van der Waals surface area contributed by atoms with Crippen molar-refractivity contribution in [2.75, 3.05) is 34.8 Å². The van der Waals surface area contributed by atoms with Crippen LogP contribution in [0.1, 0.15) is 167 Å². The average Bonchev–Trinajstić information content (AvgIpc) is 4.11. The zero-order valence-corrected chi connectivity index (χ0v) is 45.3. The Bertz CT molecular complexity index is 2100. The first-order valence-corrected chi connectivity index (χ1v) is 30.5. The number of para-hydroxylation sites is 2. The van der Waals surface area contributed by atoms with Gasteiger partial charge in [-0.25, -0.2) is 0 Å². The van der Waals surface area contributed by atoms with E-state index in [1.807, 2.05) is 29.2 Å². The number of nitrogens with zero attached hydrogens (tertiary/aromatic N) is 5. The molecule has 6 aliphatic heterocycles.